The number of hydrogen-bond donors (Lipinski definition) is 1. The number of benzene rings is 1. The molecule has 0 spiro atoms. The van der Waals surface area contributed by atoms with Gasteiger partial charge in [-0.25, -0.2) is 0 Å². The zero-order chi connectivity index (χ0) is 9.42. The highest BCUT2D eigenvalue weighted by atomic mass is 127. The molecular formula is C9H7ClINS. The van der Waals surface area contributed by atoms with Crippen LogP contribution in [0, 0.1) is 3.57 Å². The molecule has 0 radical (unpaired) electrons. The summed E-state index contributed by atoms with van der Waals surface area (Å²) in [5.41, 5.74) is 6.91. The van der Waals surface area contributed by atoms with Crippen molar-refractivity contribution in [2.24, 2.45) is 0 Å². The van der Waals surface area contributed by atoms with Crippen molar-refractivity contribution < 1.29 is 0 Å². The molecule has 1 heterocycles. The molecule has 0 bridgehead atoms. The summed E-state index contributed by atoms with van der Waals surface area (Å²) >= 11 is 9.72. The average molecular weight is 324 g/mol. The van der Waals surface area contributed by atoms with Gasteiger partial charge in [0.05, 0.1) is 10.9 Å². The van der Waals surface area contributed by atoms with E-state index in [2.05, 4.69) is 40.8 Å². The third-order valence-electron chi connectivity index (χ3n) is 1.92. The van der Waals surface area contributed by atoms with Gasteiger partial charge in [-0.05, 0) is 40.1 Å². The van der Waals surface area contributed by atoms with Crippen LogP contribution in [0.25, 0.3) is 10.1 Å². The van der Waals surface area contributed by atoms with E-state index in [9.17, 15) is 0 Å². The van der Waals surface area contributed by atoms with E-state index in [1.165, 1.54) is 13.7 Å². The van der Waals surface area contributed by atoms with Crippen molar-refractivity contribution in [3.8, 4) is 0 Å². The van der Waals surface area contributed by atoms with Crippen LogP contribution in [0.4, 0.5) is 5.00 Å². The van der Waals surface area contributed by atoms with Gasteiger partial charge in [0.25, 0.3) is 0 Å². The fourth-order valence-corrected chi connectivity index (χ4v) is 3.38. The van der Waals surface area contributed by atoms with E-state index in [1.54, 1.807) is 11.3 Å². The zero-order valence-electron chi connectivity index (χ0n) is 6.68. The molecule has 0 atom stereocenters. The summed E-state index contributed by atoms with van der Waals surface area (Å²) in [6.45, 7) is 0. The molecule has 0 aliphatic carbocycles. The van der Waals surface area contributed by atoms with Crippen LogP contribution >= 0.6 is 45.5 Å². The summed E-state index contributed by atoms with van der Waals surface area (Å²) in [4.78, 5) is 0. The minimum Gasteiger partial charge on any atom is -0.390 e. The number of fused-ring (bicyclic) bond motifs is 1. The zero-order valence-corrected chi connectivity index (χ0v) is 10.4. The Kier molecular flexibility index (Phi) is 2.67. The molecular weight excluding hydrogens is 317 g/mol. The molecule has 4 heteroatoms. The molecule has 1 aromatic heterocycles. The van der Waals surface area contributed by atoms with E-state index in [0.717, 1.165) is 10.6 Å². The fourth-order valence-electron chi connectivity index (χ4n) is 1.28. The number of hydrogen-bond acceptors (Lipinski definition) is 2. The van der Waals surface area contributed by atoms with E-state index in [4.69, 9.17) is 17.3 Å². The second-order valence-corrected chi connectivity index (χ2v) is 5.32. The van der Waals surface area contributed by atoms with Crippen LogP contribution in [0.5, 0.6) is 0 Å². The Labute approximate surface area is 99.0 Å². The first-order chi connectivity index (χ1) is 6.22. The second kappa shape index (κ2) is 3.63. The smallest absolute Gasteiger partial charge is 0.0913 e. The lowest BCUT2D eigenvalue weighted by atomic mass is 10.2. The minimum absolute atomic E-state index is 0.492. The van der Waals surface area contributed by atoms with E-state index in [-0.39, 0.29) is 0 Å². The lowest BCUT2D eigenvalue weighted by Gasteiger charge is -1.94. The molecule has 1 aromatic carbocycles. The van der Waals surface area contributed by atoms with Gasteiger partial charge < -0.3 is 5.73 Å². The number of nitrogens with two attached hydrogens (primary N) is 1. The SMILES string of the molecule is Nc1sc2cc(I)ccc2c1CCl. The van der Waals surface area contributed by atoms with E-state index < -0.39 is 0 Å². The fraction of sp³-hybridized carbons (Fsp3) is 0.111. The standard InChI is InChI=1S/C9H7ClINS/c10-4-7-6-2-1-5(11)3-8(6)13-9(7)12/h1-3H,4,12H2. The van der Waals surface area contributed by atoms with Crippen LogP contribution in [0.2, 0.25) is 0 Å². The minimum atomic E-state index is 0.492. The van der Waals surface area contributed by atoms with Crippen LogP contribution < -0.4 is 5.73 Å². The van der Waals surface area contributed by atoms with Crippen LogP contribution in [-0.4, -0.2) is 0 Å². The third kappa shape index (κ3) is 1.65. The van der Waals surface area contributed by atoms with E-state index in [0.29, 0.717) is 5.88 Å². The normalized spacial score (nSPS) is 10.9. The molecule has 0 unspecified atom stereocenters. The molecule has 0 saturated heterocycles. The van der Waals surface area contributed by atoms with E-state index >= 15 is 0 Å². The van der Waals surface area contributed by atoms with Crippen LogP contribution in [0.1, 0.15) is 5.56 Å². The highest BCUT2D eigenvalue weighted by molar-refractivity contribution is 14.1. The molecule has 13 heavy (non-hydrogen) atoms. The van der Waals surface area contributed by atoms with Gasteiger partial charge in [0.1, 0.15) is 0 Å². The summed E-state index contributed by atoms with van der Waals surface area (Å²) in [6, 6.07) is 6.29. The van der Waals surface area contributed by atoms with Crippen LogP contribution in [0.15, 0.2) is 18.2 Å². The molecule has 1 nitrogen and oxygen atoms in total. The second-order valence-electron chi connectivity index (χ2n) is 2.72. The van der Waals surface area contributed by atoms with Gasteiger partial charge in [-0.3, -0.25) is 0 Å². The maximum absolute atomic E-state index is 5.85. The highest BCUT2D eigenvalue weighted by Crippen LogP contribution is 2.35. The number of nitrogen functional groups attached to an aromatic ring is 1. The van der Waals surface area contributed by atoms with Gasteiger partial charge in [0.15, 0.2) is 0 Å². The number of alkyl halides is 1. The first-order valence-electron chi connectivity index (χ1n) is 3.74. The molecule has 0 fully saturated rings. The maximum atomic E-state index is 5.85. The molecule has 0 saturated carbocycles. The van der Waals surface area contributed by atoms with Crippen LogP contribution in [0.3, 0.4) is 0 Å². The number of halogens is 2. The first kappa shape index (κ1) is 9.55. The predicted molar refractivity (Wildman–Crippen MR) is 68.5 cm³/mol. The van der Waals surface area contributed by atoms with Gasteiger partial charge in [-0.15, -0.1) is 22.9 Å². The Hall–Kier alpha value is -0.0000000000000000555. The lowest BCUT2D eigenvalue weighted by Crippen LogP contribution is -1.84. The highest BCUT2D eigenvalue weighted by Gasteiger charge is 2.08. The predicted octanol–water partition coefficient (Wildman–Crippen LogP) is 3.83. The molecule has 2 rings (SSSR count). The van der Waals surface area contributed by atoms with Gasteiger partial charge in [-0.2, -0.15) is 0 Å². The Morgan fingerprint density at radius 2 is 2.23 bits per heavy atom. The van der Waals surface area contributed by atoms with E-state index in [1.807, 2.05) is 0 Å². The van der Waals surface area contributed by atoms with Crippen molar-refractivity contribution in [2.75, 3.05) is 5.73 Å². The maximum Gasteiger partial charge on any atom is 0.0913 e. The molecule has 0 amide bonds. The molecule has 68 valence electrons. The van der Waals surface area contributed by atoms with Gasteiger partial charge in [0, 0.05) is 13.8 Å². The molecule has 2 aromatic rings. The average Bonchev–Trinajstić information content (AvgIpc) is 2.39. The monoisotopic (exact) mass is 323 g/mol. The van der Waals surface area contributed by atoms with Crippen molar-refractivity contribution in [3.63, 3.8) is 0 Å². The topological polar surface area (TPSA) is 26.0 Å². The summed E-state index contributed by atoms with van der Waals surface area (Å²) < 4.78 is 2.45. The summed E-state index contributed by atoms with van der Waals surface area (Å²) in [5, 5.41) is 2.03. The quantitative estimate of drug-likeness (QED) is 0.626. The number of anilines is 1. The molecule has 2 N–H and O–H groups in total. The Morgan fingerprint density at radius 1 is 1.46 bits per heavy atom. The lowest BCUT2D eigenvalue weighted by molar-refractivity contribution is 1.49. The first-order valence-corrected chi connectivity index (χ1v) is 6.17. The van der Waals surface area contributed by atoms with Crippen molar-refractivity contribution in [2.45, 2.75) is 5.88 Å². The van der Waals surface area contributed by atoms with Crippen LogP contribution in [-0.2, 0) is 5.88 Å². The molecule has 0 aliphatic rings. The number of rotatable bonds is 1. The van der Waals surface area contributed by atoms with Crippen molar-refractivity contribution in [3.05, 3.63) is 27.3 Å². The summed E-state index contributed by atoms with van der Waals surface area (Å²) in [5.74, 6) is 0.492. The number of thiophene rings is 1. The Bertz CT molecular complexity index is 452. The summed E-state index contributed by atoms with van der Waals surface area (Å²) in [6.07, 6.45) is 0. The van der Waals surface area contributed by atoms with Gasteiger partial charge in [-0.1, -0.05) is 6.07 Å². The third-order valence-corrected chi connectivity index (χ3v) is 3.88. The van der Waals surface area contributed by atoms with Crippen molar-refractivity contribution in [1.29, 1.82) is 0 Å². The van der Waals surface area contributed by atoms with Crippen molar-refractivity contribution in [1.82, 2.24) is 0 Å². The Balaban J connectivity index is 2.79. The van der Waals surface area contributed by atoms with Gasteiger partial charge in [0.2, 0.25) is 0 Å². The van der Waals surface area contributed by atoms with Crippen molar-refractivity contribution >= 4 is 60.6 Å². The summed E-state index contributed by atoms with van der Waals surface area (Å²) in [7, 11) is 0. The largest absolute Gasteiger partial charge is 0.390 e. The molecule has 0 aliphatic heterocycles. The Morgan fingerprint density at radius 3 is 2.92 bits per heavy atom. The van der Waals surface area contributed by atoms with Gasteiger partial charge >= 0.3 is 0 Å².